The molecule has 2 heteroatoms. The van der Waals surface area contributed by atoms with Crippen molar-refractivity contribution < 1.29 is 4.43 Å². The zero-order chi connectivity index (χ0) is 11.0. The maximum absolute atomic E-state index is 6.22. The topological polar surface area (TPSA) is 9.23 Å². The van der Waals surface area contributed by atoms with Crippen LogP contribution < -0.4 is 0 Å². The van der Waals surface area contributed by atoms with E-state index in [0.29, 0.717) is 11.5 Å². The Hall–Kier alpha value is 0.177. The zero-order valence-corrected chi connectivity index (χ0v) is 11.7. The molecule has 1 saturated carbocycles. The normalized spacial score (nSPS) is 33.0. The third kappa shape index (κ3) is 4.14. The molecule has 1 nitrogen and oxygen atoms in total. The lowest BCUT2D eigenvalue weighted by Crippen LogP contribution is -2.39. The SMILES string of the molecule is CC1CC(O[Si](C)(C)C)CC(C)(C)C1. The van der Waals surface area contributed by atoms with Gasteiger partial charge in [0.2, 0.25) is 0 Å². The first-order valence-electron chi connectivity index (χ1n) is 5.86. The minimum absolute atomic E-state index is 0.488. The van der Waals surface area contributed by atoms with Gasteiger partial charge in [-0.25, -0.2) is 0 Å². The Kier molecular flexibility index (Phi) is 3.48. The van der Waals surface area contributed by atoms with E-state index in [2.05, 4.69) is 40.4 Å². The number of hydrogen-bond donors (Lipinski definition) is 0. The number of rotatable bonds is 2. The fourth-order valence-corrected chi connectivity index (χ4v) is 4.03. The molecular formula is C12H26OSi. The standard InChI is InChI=1S/C12H26OSi/c1-10-7-11(13-14(4,5)6)9-12(2,3)8-10/h10-11H,7-9H2,1-6H3. The molecule has 1 rings (SSSR count). The van der Waals surface area contributed by atoms with Gasteiger partial charge in [0.15, 0.2) is 8.32 Å². The van der Waals surface area contributed by atoms with Gasteiger partial charge < -0.3 is 4.43 Å². The first-order chi connectivity index (χ1) is 6.18. The van der Waals surface area contributed by atoms with Crippen molar-refractivity contribution in [2.75, 3.05) is 0 Å². The highest BCUT2D eigenvalue weighted by molar-refractivity contribution is 6.69. The lowest BCUT2D eigenvalue weighted by molar-refractivity contribution is 0.0515. The molecule has 2 atom stereocenters. The summed E-state index contributed by atoms with van der Waals surface area (Å²) in [7, 11) is -1.34. The quantitative estimate of drug-likeness (QED) is 0.630. The van der Waals surface area contributed by atoms with Crippen molar-refractivity contribution in [1.82, 2.24) is 0 Å². The fourth-order valence-electron chi connectivity index (χ4n) is 2.85. The fraction of sp³-hybridized carbons (Fsp3) is 1.00. The summed E-state index contributed by atoms with van der Waals surface area (Å²) in [5, 5.41) is 0. The van der Waals surface area contributed by atoms with Crippen LogP contribution in [0.3, 0.4) is 0 Å². The minimum atomic E-state index is -1.34. The van der Waals surface area contributed by atoms with Gasteiger partial charge >= 0.3 is 0 Å². The second-order valence-electron chi connectivity index (χ2n) is 6.77. The zero-order valence-electron chi connectivity index (χ0n) is 10.7. The van der Waals surface area contributed by atoms with Gasteiger partial charge in [0, 0.05) is 6.10 Å². The van der Waals surface area contributed by atoms with Gasteiger partial charge in [-0.1, -0.05) is 20.8 Å². The van der Waals surface area contributed by atoms with Crippen LogP contribution in [0.2, 0.25) is 19.6 Å². The van der Waals surface area contributed by atoms with Crippen molar-refractivity contribution in [2.24, 2.45) is 11.3 Å². The van der Waals surface area contributed by atoms with Gasteiger partial charge in [0.25, 0.3) is 0 Å². The second-order valence-corrected chi connectivity index (χ2v) is 11.2. The molecule has 0 aromatic heterocycles. The van der Waals surface area contributed by atoms with Crippen molar-refractivity contribution >= 4 is 8.32 Å². The van der Waals surface area contributed by atoms with Gasteiger partial charge in [-0.15, -0.1) is 0 Å². The molecular weight excluding hydrogens is 188 g/mol. The summed E-state index contributed by atoms with van der Waals surface area (Å²) in [6, 6.07) is 0. The molecule has 0 amide bonds. The van der Waals surface area contributed by atoms with Crippen LogP contribution >= 0.6 is 0 Å². The second kappa shape index (κ2) is 3.97. The molecule has 84 valence electrons. The maximum atomic E-state index is 6.22. The van der Waals surface area contributed by atoms with E-state index in [1.807, 2.05) is 0 Å². The Morgan fingerprint density at radius 1 is 1.14 bits per heavy atom. The lowest BCUT2D eigenvalue weighted by Gasteiger charge is -2.41. The summed E-state index contributed by atoms with van der Waals surface area (Å²) in [5.41, 5.74) is 0.488. The van der Waals surface area contributed by atoms with Crippen molar-refractivity contribution in [3.63, 3.8) is 0 Å². The highest BCUT2D eigenvalue weighted by Gasteiger charge is 2.34. The van der Waals surface area contributed by atoms with Gasteiger partial charge in [-0.05, 0) is 50.2 Å². The van der Waals surface area contributed by atoms with Gasteiger partial charge in [0.1, 0.15) is 0 Å². The Bertz CT molecular complexity index is 191. The van der Waals surface area contributed by atoms with Crippen LogP contribution in [0.1, 0.15) is 40.0 Å². The van der Waals surface area contributed by atoms with Crippen LogP contribution in [0.4, 0.5) is 0 Å². The first-order valence-corrected chi connectivity index (χ1v) is 9.27. The van der Waals surface area contributed by atoms with E-state index < -0.39 is 8.32 Å². The molecule has 0 saturated heterocycles. The largest absolute Gasteiger partial charge is 0.415 e. The summed E-state index contributed by atoms with van der Waals surface area (Å²) in [6.07, 6.45) is 4.41. The van der Waals surface area contributed by atoms with Gasteiger partial charge in [0.05, 0.1) is 0 Å². The van der Waals surface area contributed by atoms with Crippen LogP contribution in [0.15, 0.2) is 0 Å². The molecule has 0 bridgehead atoms. The monoisotopic (exact) mass is 214 g/mol. The Balaban J connectivity index is 2.54. The van der Waals surface area contributed by atoms with Crippen molar-refractivity contribution in [3.8, 4) is 0 Å². The highest BCUT2D eigenvalue weighted by atomic mass is 28.4. The maximum Gasteiger partial charge on any atom is 0.184 e. The van der Waals surface area contributed by atoms with E-state index in [1.165, 1.54) is 19.3 Å². The summed E-state index contributed by atoms with van der Waals surface area (Å²) in [4.78, 5) is 0. The first kappa shape index (κ1) is 12.2. The molecule has 0 radical (unpaired) electrons. The van der Waals surface area contributed by atoms with Gasteiger partial charge in [-0.2, -0.15) is 0 Å². The molecule has 1 fully saturated rings. The summed E-state index contributed by atoms with van der Waals surface area (Å²) < 4.78 is 6.22. The van der Waals surface area contributed by atoms with Crippen LogP contribution in [-0.4, -0.2) is 14.4 Å². The average molecular weight is 214 g/mol. The van der Waals surface area contributed by atoms with Crippen LogP contribution in [-0.2, 0) is 4.43 Å². The third-order valence-electron chi connectivity index (χ3n) is 2.87. The van der Waals surface area contributed by atoms with E-state index in [0.717, 1.165) is 5.92 Å². The lowest BCUT2D eigenvalue weighted by atomic mass is 9.72. The van der Waals surface area contributed by atoms with E-state index in [1.54, 1.807) is 0 Å². The Labute approximate surface area is 90.4 Å². The van der Waals surface area contributed by atoms with E-state index >= 15 is 0 Å². The smallest absolute Gasteiger partial charge is 0.184 e. The molecule has 0 aromatic carbocycles. The van der Waals surface area contributed by atoms with E-state index in [-0.39, 0.29) is 0 Å². The predicted molar refractivity (Wildman–Crippen MR) is 65.0 cm³/mol. The molecule has 0 spiro atoms. The molecule has 0 N–H and O–H groups in total. The summed E-state index contributed by atoms with van der Waals surface area (Å²) in [6.45, 7) is 14.0. The molecule has 0 aliphatic heterocycles. The highest BCUT2D eigenvalue weighted by Crippen LogP contribution is 2.40. The summed E-state index contributed by atoms with van der Waals surface area (Å²) >= 11 is 0. The average Bonchev–Trinajstić information content (AvgIpc) is 1.74. The van der Waals surface area contributed by atoms with E-state index in [9.17, 15) is 0 Å². The van der Waals surface area contributed by atoms with Crippen molar-refractivity contribution in [1.29, 1.82) is 0 Å². The molecule has 1 aliphatic carbocycles. The van der Waals surface area contributed by atoms with Crippen molar-refractivity contribution in [2.45, 2.75) is 65.8 Å². The predicted octanol–water partition coefficient (Wildman–Crippen LogP) is 4.05. The minimum Gasteiger partial charge on any atom is -0.415 e. The molecule has 0 aromatic rings. The molecule has 0 heterocycles. The van der Waals surface area contributed by atoms with Crippen LogP contribution in [0, 0.1) is 11.3 Å². The molecule has 2 unspecified atom stereocenters. The Morgan fingerprint density at radius 3 is 2.14 bits per heavy atom. The van der Waals surface area contributed by atoms with Gasteiger partial charge in [-0.3, -0.25) is 0 Å². The van der Waals surface area contributed by atoms with Crippen LogP contribution in [0.25, 0.3) is 0 Å². The molecule has 14 heavy (non-hydrogen) atoms. The van der Waals surface area contributed by atoms with Crippen molar-refractivity contribution in [3.05, 3.63) is 0 Å². The Morgan fingerprint density at radius 2 is 1.71 bits per heavy atom. The number of hydrogen-bond acceptors (Lipinski definition) is 1. The van der Waals surface area contributed by atoms with E-state index in [4.69, 9.17) is 4.43 Å². The van der Waals surface area contributed by atoms with Crippen LogP contribution in [0.5, 0.6) is 0 Å². The third-order valence-corrected chi connectivity index (χ3v) is 3.91. The summed E-state index contributed by atoms with van der Waals surface area (Å²) in [5.74, 6) is 0.833. The molecule has 1 aliphatic rings.